The SMILES string of the molecule is CCOC(=O)/C=C/c1cc(C#N)c2c(nnn2C)c1C. The number of nitrogens with zero attached hydrogens (tertiary/aromatic N) is 4. The highest BCUT2D eigenvalue weighted by Gasteiger charge is 2.13. The number of aromatic nitrogens is 3. The minimum absolute atomic E-state index is 0.328. The number of nitriles is 1. The van der Waals surface area contributed by atoms with E-state index in [1.54, 1.807) is 30.8 Å². The molecule has 0 saturated carbocycles. The smallest absolute Gasteiger partial charge is 0.330 e. The number of esters is 1. The molecule has 0 unspecified atom stereocenters. The van der Waals surface area contributed by atoms with Crippen LogP contribution in [0.25, 0.3) is 17.1 Å². The van der Waals surface area contributed by atoms with Crippen molar-refractivity contribution in [3.8, 4) is 6.07 Å². The third-order valence-electron chi connectivity index (χ3n) is 2.98. The monoisotopic (exact) mass is 270 g/mol. The van der Waals surface area contributed by atoms with E-state index in [0.717, 1.165) is 11.1 Å². The van der Waals surface area contributed by atoms with Gasteiger partial charge in [-0.2, -0.15) is 5.26 Å². The molecule has 0 spiro atoms. The Kier molecular flexibility index (Phi) is 3.80. The summed E-state index contributed by atoms with van der Waals surface area (Å²) in [5.74, 6) is -0.412. The highest BCUT2D eigenvalue weighted by atomic mass is 16.5. The van der Waals surface area contributed by atoms with Crippen molar-refractivity contribution in [3.05, 3.63) is 28.8 Å². The molecule has 20 heavy (non-hydrogen) atoms. The number of fused-ring (bicyclic) bond motifs is 1. The predicted octanol–water partition coefficient (Wildman–Crippen LogP) is 1.72. The molecule has 2 rings (SSSR count). The summed E-state index contributed by atoms with van der Waals surface area (Å²) in [6.07, 6.45) is 2.97. The van der Waals surface area contributed by atoms with Crippen molar-refractivity contribution < 1.29 is 9.53 Å². The van der Waals surface area contributed by atoms with Crippen LogP contribution in [0.1, 0.15) is 23.6 Å². The Balaban J connectivity index is 2.53. The molecule has 0 fully saturated rings. The van der Waals surface area contributed by atoms with Gasteiger partial charge in [0.1, 0.15) is 17.1 Å². The normalized spacial score (nSPS) is 10.9. The molecule has 102 valence electrons. The van der Waals surface area contributed by atoms with Crippen LogP contribution >= 0.6 is 0 Å². The Labute approximate surface area is 116 Å². The maximum atomic E-state index is 11.3. The van der Waals surface area contributed by atoms with Crippen LogP contribution in [0, 0.1) is 18.3 Å². The van der Waals surface area contributed by atoms with Crippen LogP contribution in [0.3, 0.4) is 0 Å². The lowest BCUT2D eigenvalue weighted by Crippen LogP contribution is -1.99. The Bertz CT molecular complexity index is 738. The number of aryl methyl sites for hydroxylation is 2. The van der Waals surface area contributed by atoms with Crippen molar-refractivity contribution in [2.75, 3.05) is 6.61 Å². The molecular weight excluding hydrogens is 256 g/mol. The molecular formula is C14H14N4O2. The van der Waals surface area contributed by atoms with Crippen LogP contribution < -0.4 is 0 Å². The van der Waals surface area contributed by atoms with E-state index in [1.165, 1.54) is 6.08 Å². The first-order valence-electron chi connectivity index (χ1n) is 6.16. The zero-order valence-electron chi connectivity index (χ0n) is 11.5. The fourth-order valence-corrected chi connectivity index (χ4v) is 1.99. The summed E-state index contributed by atoms with van der Waals surface area (Å²) in [6, 6.07) is 3.85. The van der Waals surface area contributed by atoms with Crippen LogP contribution in [-0.2, 0) is 16.6 Å². The van der Waals surface area contributed by atoms with Crippen molar-refractivity contribution in [1.82, 2.24) is 15.0 Å². The van der Waals surface area contributed by atoms with Gasteiger partial charge in [-0.1, -0.05) is 5.21 Å². The van der Waals surface area contributed by atoms with Crippen molar-refractivity contribution >= 4 is 23.1 Å². The van der Waals surface area contributed by atoms with Gasteiger partial charge in [0, 0.05) is 13.1 Å². The summed E-state index contributed by atoms with van der Waals surface area (Å²) >= 11 is 0. The molecule has 0 saturated heterocycles. The minimum atomic E-state index is -0.412. The summed E-state index contributed by atoms with van der Waals surface area (Å²) in [5.41, 5.74) is 3.45. The molecule has 0 atom stereocenters. The summed E-state index contributed by atoms with van der Waals surface area (Å²) in [4.78, 5) is 11.3. The second kappa shape index (κ2) is 5.53. The molecule has 1 aromatic heterocycles. The lowest BCUT2D eigenvalue weighted by molar-refractivity contribution is -0.137. The molecule has 6 nitrogen and oxygen atoms in total. The van der Waals surface area contributed by atoms with Gasteiger partial charge in [-0.3, -0.25) is 0 Å². The number of hydrogen-bond acceptors (Lipinski definition) is 5. The van der Waals surface area contributed by atoms with Crippen LogP contribution in [0.2, 0.25) is 0 Å². The van der Waals surface area contributed by atoms with E-state index in [9.17, 15) is 10.1 Å². The quantitative estimate of drug-likeness (QED) is 0.626. The highest BCUT2D eigenvalue weighted by molar-refractivity contribution is 5.91. The van der Waals surface area contributed by atoms with Crippen LogP contribution in [0.15, 0.2) is 12.1 Å². The van der Waals surface area contributed by atoms with E-state index in [0.29, 0.717) is 23.2 Å². The van der Waals surface area contributed by atoms with E-state index in [2.05, 4.69) is 16.4 Å². The zero-order valence-corrected chi connectivity index (χ0v) is 11.5. The van der Waals surface area contributed by atoms with Gasteiger partial charge >= 0.3 is 5.97 Å². The topological polar surface area (TPSA) is 80.8 Å². The Morgan fingerprint density at radius 2 is 2.35 bits per heavy atom. The fourth-order valence-electron chi connectivity index (χ4n) is 1.99. The van der Waals surface area contributed by atoms with Gasteiger partial charge in [0.05, 0.1) is 12.2 Å². The number of hydrogen-bond donors (Lipinski definition) is 0. The standard InChI is InChI=1S/C14H14N4O2/c1-4-20-12(19)6-5-10-7-11(8-15)14-13(9(10)2)16-17-18(14)3/h5-7H,4H2,1-3H3/b6-5+. The molecule has 1 heterocycles. The second-order valence-electron chi connectivity index (χ2n) is 4.25. The van der Waals surface area contributed by atoms with Crippen molar-refractivity contribution in [2.45, 2.75) is 13.8 Å². The van der Waals surface area contributed by atoms with Crippen LogP contribution in [0.4, 0.5) is 0 Å². The highest BCUT2D eigenvalue weighted by Crippen LogP contribution is 2.24. The van der Waals surface area contributed by atoms with Gasteiger partial charge in [0.2, 0.25) is 0 Å². The Morgan fingerprint density at radius 1 is 1.60 bits per heavy atom. The third kappa shape index (κ3) is 2.38. The largest absolute Gasteiger partial charge is 0.463 e. The number of rotatable bonds is 3. The molecule has 0 aliphatic heterocycles. The number of benzene rings is 1. The van der Waals surface area contributed by atoms with Crippen LogP contribution in [0.5, 0.6) is 0 Å². The third-order valence-corrected chi connectivity index (χ3v) is 2.98. The molecule has 6 heteroatoms. The van der Waals surface area contributed by atoms with Gasteiger partial charge < -0.3 is 4.74 Å². The van der Waals surface area contributed by atoms with Gasteiger partial charge in [-0.15, -0.1) is 5.10 Å². The van der Waals surface area contributed by atoms with Crippen molar-refractivity contribution in [2.24, 2.45) is 7.05 Å². The summed E-state index contributed by atoms with van der Waals surface area (Å²) in [5, 5.41) is 17.2. The number of carbonyl (C=O) groups excluding carboxylic acids is 1. The fraction of sp³-hybridized carbons (Fsp3) is 0.286. The molecule has 1 aromatic carbocycles. The number of ether oxygens (including phenoxy) is 1. The first-order chi connectivity index (χ1) is 9.58. The molecule has 2 aromatic rings. The van der Waals surface area contributed by atoms with Crippen molar-refractivity contribution in [3.63, 3.8) is 0 Å². The van der Waals surface area contributed by atoms with Gasteiger partial charge in [0.15, 0.2) is 0 Å². The van der Waals surface area contributed by atoms with E-state index in [-0.39, 0.29) is 0 Å². The lowest BCUT2D eigenvalue weighted by Gasteiger charge is -2.04. The summed E-state index contributed by atoms with van der Waals surface area (Å²) < 4.78 is 6.40. The van der Waals surface area contributed by atoms with Gasteiger partial charge in [-0.05, 0) is 37.1 Å². The molecule has 0 bridgehead atoms. The van der Waals surface area contributed by atoms with Crippen molar-refractivity contribution in [1.29, 1.82) is 5.26 Å². The summed E-state index contributed by atoms with van der Waals surface area (Å²) in [6.45, 7) is 3.95. The molecule has 0 amide bonds. The van der Waals surface area contributed by atoms with Crippen LogP contribution in [-0.4, -0.2) is 27.6 Å². The zero-order chi connectivity index (χ0) is 14.7. The molecule has 0 N–H and O–H groups in total. The van der Waals surface area contributed by atoms with Gasteiger partial charge in [0.25, 0.3) is 0 Å². The maximum Gasteiger partial charge on any atom is 0.330 e. The molecule has 0 radical (unpaired) electrons. The predicted molar refractivity (Wildman–Crippen MR) is 73.6 cm³/mol. The lowest BCUT2D eigenvalue weighted by atomic mass is 10.0. The maximum absolute atomic E-state index is 11.3. The average Bonchev–Trinajstić information content (AvgIpc) is 2.81. The first-order valence-corrected chi connectivity index (χ1v) is 6.16. The van der Waals surface area contributed by atoms with Gasteiger partial charge in [-0.25, -0.2) is 9.48 Å². The van der Waals surface area contributed by atoms with E-state index in [1.807, 2.05) is 6.92 Å². The second-order valence-corrected chi connectivity index (χ2v) is 4.25. The molecule has 0 aliphatic rings. The van der Waals surface area contributed by atoms with E-state index >= 15 is 0 Å². The Morgan fingerprint density at radius 3 is 3.00 bits per heavy atom. The first kappa shape index (κ1) is 13.7. The number of carbonyl (C=O) groups is 1. The summed E-state index contributed by atoms with van der Waals surface area (Å²) in [7, 11) is 1.74. The average molecular weight is 270 g/mol. The minimum Gasteiger partial charge on any atom is -0.463 e. The Hall–Kier alpha value is -2.68. The molecule has 0 aliphatic carbocycles. The van der Waals surface area contributed by atoms with E-state index < -0.39 is 5.97 Å². The van der Waals surface area contributed by atoms with E-state index in [4.69, 9.17) is 4.74 Å².